The Balaban J connectivity index is 1.68. The third kappa shape index (κ3) is 4.82. The zero-order chi connectivity index (χ0) is 18.5. The van der Waals surface area contributed by atoms with E-state index in [1.807, 2.05) is 25.1 Å². The summed E-state index contributed by atoms with van der Waals surface area (Å²) in [6.07, 6.45) is -0.169. The molecule has 1 aromatic heterocycles. The molecular formula is C19H27ClN4O2. The van der Waals surface area contributed by atoms with Gasteiger partial charge in [-0.15, -0.1) is 0 Å². The maximum Gasteiger partial charge on any atom is 0.240 e. The third-order valence-corrected chi connectivity index (χ3v) is 4.83. The predicted molar refractivity (Wildman–Crippen MR) is 101 cm³/mol. The zero-order valence-electron chi connectivity index (χ0n) is 15.6. The minimum absolute atomic E-state index is 0.169. The molecule has 0 radical (unpaired) electrons. The Morgan fingerprint density at radius 1 is 1.35 bits per heavy atom. The van der Waals surface area contributed by atoms with Gasteiger partial charge in [0.2, 0.25) is 5.89 Å². The van der Waals surface area contributed by atoms with Crippen LogP contribution in [0, 0.1) is 5.92 Å². The molecule has 142 valence electrons. The molecule has 2 atom stereocenters. The largest absolute Gasteiger partial charge is 0.370 e. The summed E-state index contributed by atoms with van der Waals surface area (Å²) in [6.45, 7) is 10.1. The van der Waals surface area contributed by atoms with Crippen LogP contribution in [0.25, 0.3) is 0 Å². The monoisotopic (exact) mass is 378 g/mol. The van der Waals surface area contributed by atoms with E-state index in [1.165, 1.54) is 0 Å². The molecule has 0 amide bonds. The van der Waals surface area contributed by atoms with Crippen LogP contribution in [0.4, 0.5) is 0 Å². The minimum Gasteiger partial charge on any atom is -0.370 e. The lowest BCUT2D eigenvalue weighted by Gasteiger charge is -2.35. The number of ether oxygens (including phenoxy) is 1. The van der Waals surface area contributed by atoms with E-state index in [0.29, 0.717) is 30.8 Å². The molecule has 1 fully saturated rings. The smallest absolute Gasteiger partial charge is 0.240 e. The molecule has 0 saturated carbocycles. The molecule has 2 aromatic rings. The highest BCUT2D eigenvalue weighted by Crippen LogP contribution is 2.29. The summed E-state index contributed by atoms with van der Waals surface area (Å²) in [6, 6.07) is 8.17. The standard InChI is InChI=1S/C19H27ClN4O2/c1-13(2)12-25-14(3)19-22-18(26-23-19)11-24-9-8-21-10-17(24)15-6-4-5-7-16(15)20/h4-7,13-14,17,21H,8-12H2,1-3H3. The molecule has 1 aliphatic rings. The molecule has 3 rings (SSSR count). The topological polar surface area (TPSA) is 63.4 Å². The first-order chi connectivity index (χ1) is 12.5. The van der Waals surface area contributed by atoms with E-state index < -0.39 is 0 Å². The van der Waals surface area contributed by atoms with Crippen LogP contribution in [-0.2, 0) is 11.3 Å². The average molecular weight is 379 g/mol. The van der Waals surface area contributed by atoms with Crippen molar-refractivity contribution in [3.8, 4) is 0 Å². The number of rotatable bonds is 7. The molecule has 0 bridgehead atoms. The van der Waals surface area contributed by atoms with Crippen LogP contribution in [0.15, 0.2) is 28.8 Å². The summed E-state index contributed by atoms with van der Waals surface area (Å²) < 4.78 is 11.2. The van der Waals surface area contributed by atoms with Crippen LogP contribution in [0.2, 0.25) is 5.02 Å². The zero-order valence-corrected chi connectivity index (χ0v) is 16.4. The van der Waals surface area contributed by atoms with Crippen LogP contribution >= 0.6 is 11.6 Å². The molecule has 26 heavy (non-hydrogen) atoms. The van der Waals surface area contributed by atoms with Gasteiger partial charge in [0, 0.05) is 37.3 Å². The van der Waals surface area contributed by atoms with Crippen LogP contribution in [0.3, 0.4) is 0 Å². The fourth-order valence-electron chi connectivity index (χ4n) is 3.07. The van der Waals surface area contributed by atoms with E-state index >= 15 is 0 Å². The van der Waals surface area contributed by atoms with Gasteiger partial charge < -0.3 is 14.6 Å². The van der Waals surface area contributed by atoms with E-state index in [1.54, 1.807) is 0 Å². The lowest BCUT2D eigenvalue weighted by Crippen LogP contribution is -2.45. The summed E-state index contributed by atoms with van der Waals surface area (Å²) in [5.41, 5.74) is 1.12. The highest BCUT2D eigenvalue weighted by molar-refractivity contribution is 6.31. The van der Waals surface area contributed by atoms with E-state index in [9.17, 15) is 0 Å². The van der Waals surface area contributed by atoms with Gasteiger partial charge in [-0.1, -0.05) is 48.8 Å². The van der Waals surface area contributed by atoms with Crippen molar-refractivity contribution < 1.29 is 9.26 Å². The maximum atomic E-state index is 6.41. The van der Waals surface area contributed by atoms with Gasteiger partial charge in [0.05, 0.1) is 6.54 Å². The van der Waals surface area contributed by atoms with Crippen molar-refractivity contribution in [2.75, 3.05) is 26.2 Å². The number of halogens is 1. The van der Waals surface area contributed by atoms with Gasteiger partial charge >= 0.3 is 0 Å². The molecule has 1 aliphatic heterocycles. The normalized spacial score (nSPS) is 19.8. The highest BCUT2D eigenvalue weighted by Gasteiger charge is 2.27. The fourth-order valence-corrected chi connectivity index (χ4v) is 3.33. The summed E-state index contributed by atoms with van der Waals surface area (Å²) >= 11 is 6.41. The van der Waals surface area contributed by atoms with Crippen LogP contribution < -0.4 is 5.32 Å². The second-order valence-corrected chi connectivity index (χ2v) is 7.53. The first-order valence-corrected chi connectivity index (χ1v) is 9.55. The number of piperazine rings is 1. The Bertz CT molecular complexity index is 706. The number of hydrogen-bond acceptors (Lipinski definition) is 6. The highest BCUT2D eigenvalue weighted by atomic mass is 35.5. The molecule has 2 unspecified atom stereocenters. The number of nitrogens with zero attached hydrogens (tertiary/aromatic N) is 3. The Kier molecular flexibility index (Phi) is 6.64. The lowest BCUT2D eigenvalue weighted by molar-refractivity contribution is 0.0402. The molecule has 0 spiro atoms. The van der Waals surface area contributed by atoms with Crippen LogP contribution in [0.1, 0.15) is 50.2 Å². The van der Waals surface area contributed by atoms with Gasteiger partial charge in [0.1, 0.15) is 6.10 Å². The molecule has 1 aromatic carbocycles. The lowest BCUT2D eigenvalue weighted by atomic mass is 10.0. The quantitative estimate of drug-likeness (QED) is 0.794. The van der Waals surface area contributed by atoms with E-state index in [2.05, 4.69) is 40.3 Å². The Labute approximate surface area is 159 Å². The second-order valence-electron chi connectivity index (χ2n) is 7.13. The van der Waals surface area contributed by atoms with Gasteiger partial charge in [-0.25, -0.2) is 0 Å². The minimum atomic E-state index is -0.169. The molecule has 1 saturated heterocycles. The fraction of sp³-hybridized carbons (Fsp3) is 0.579. The van der Waals surface area contributed by atoms with Crippen molar-refractivity contribution in [3.63, 3.8) is 0 Å². The van der Waals surface area contributed by atoms with Crippen molar-refractivity contribution in [1.29, 1.82) is 0 Å². The van der Waals surface area contributed by atoms with Gasteiger partial charge in [0.25, 0.3) is 0 Å². The number of benzene rings is 1. The summed E-state index contributed by atoms with van der Waals surface area (Å²) in [5, 5.41) is 8.32. The van der Waals surface area contributed by atoms with Gasteiger partial charge in [-0.3, -0.25) is 4.90 Å². The summed E-state index contributed by atoms with van der Waals surface area (Å²) in [7, 11) is 0. The maximum absolute atomic E-state index is 6.41. The van der Waals surface area contributed by atoms with E-state index in [4.69, 9.17) is 20.9 Å². The van der Waals surface area contributed by atoms with E-state index in [-0.39, 0.29) is 12.1 Å². The predicted octanol–water partition coefficient (Wildman–Crippen LogP) is 3.60. The van der Waals surface area contributed by atoms with Crippen LogP contribution in [-0.4, -0.2) is 41.3 Å². The van der Waals surface area contributed by atoms with Crippen molar-refractivity contribution in [3.05, 3.63) is 46.6 Å². The third-order valence-electron chi connectivity index (χ3n) is 4.48. The van der Waals surface area contributed by atoms with Crippen molar-refractivity contribution >= 4 is 11.6 Å². The summed E-state index contributed by atoms with van der Waals surface area (Å²) in [4.78, 5) is 6.86. The van der Waals surface area contributed by atoms with Gasteiger partial charge in [-0.2, -0.15) is 4.98 Å². The number of nitrogens with one attached hydrogen (secondary N) is 1. The van der Waals surface area contributed by atoms with Crippen LogP contribution in [0.5, 0.6) is 0 Å². The summed E-state index contributed by atoms with van der Waals surface area (Å²) in [5.74, 6) is 1.69. The SMILES string of the molecule is CC(C)COC(C)c1noc(CN2CCNCC2c2ccccc2Cl)n1. The van der Waals surface area contributed by atoms with Gasteiger partial charge in [0.15, 0.2) is 5.82 Å². The van der Waals surface area contributed by atoms with Crippen molar-refractivity contribution in [1.82, 2.24) is 20.4 Å². The van der Waals surface area contributed by atoms with Crippen molar-refractivity contribution in [2.45, 2.75) is 39.5 Å². The molecule has 7 heteroatoms. The van der Waals surface area contributed by atoms with E-state index in [0.717, 1.165) is 30.2 Å². The number of hydrogen-bond donors (Lipinski definition) is 1. The molecule has 6 nitrogen and oxygen atoms in total. The molecule has 2 heterocycles. The molecular weight excluding hydrogens is 352 g/mol. The second kappa shape index (κ2) is 8.95. The Morgan fingerprint density at radius 3 is 2.92 bits per heavy atom. The Morgan fingerprint density at radius 2 is 2.15 bits per heavy atom. The first-order valence-electron chi connectivity index (χ1n) is 9.18. The Hall–Kier alpha value is -1.47. The van der Waals surface area contributed by atoms with Crippen molar-refractivity contribution in [2.24, 2.45) is 5.92 Å². The average Bonchev–Trinajstić information content (AvgIpc) is 3.09. The molecule has 1 N–H and O–H groups in total. The molecule has 0 aliphatic carbocycles. The van der Waals surface area contributed by atoms with Gasteiger partial charge in [-0.05, 0) is 24.5 Å². The first kappa shape index (κ1) is 19.3. The number of aromatic nitrogens is 2.